The summed E-state index contributed by atoms with van der Waals surface area (Å²) in [5, 5.41) is 5.25. The lowest BCUT2D eigenvalue weighted by Crippen LogP contribution is -2.46. The molecule has 4 nitrogen and oxygen atoms in total. The monoisotopic (exact) mass is 338 g/mol. The zero-order chi connectivity index (χ0) is 17.6. The van der Waals surface area contributed by atoms with Crippen molar-refractivity contribution in [2.45, 2.75) is 32.6 Å². The van der Waals surface area contributed by atoms with E-state index >= 15 is 0 Å². The highest BCUT2D eigenvalue weighted by molar-refractivity contribution is 5.90. The number of carbonyl (C=O) groups is 2. The summed E-state index contributed by atoms with van der Waals surface area (Å²) in [6.45, 7) is 4.04. The van der Waals surface area contributed by atoms with Crippen molar-refractivity contribution in [1.82, 2.24) is 10.2 Å². The third-order valence-electron chi connectivity index (χ3n) is 4.92. The van der Waals surface area contributed by atoms with Crippen LogP contribution in [0.4, 0.5) is 0 Å². The summed E-state index contributed by atoms with van der Waals surface area (Å²) < 4.78 is 0. The van der Waals surface area contributed by atoms with Crippen LogP contribution in [0.25, 0.3) is 10.8 Å². The van der Waals surface area contributed by atoms with Gasteiger partial charge in [-0.15, -0.1) is 0 Å². The van der Waals surface area contributed by atoms with E-state index in [1.54, 1.807) is 0 Å². The molecule has 4 heteroatoms. The van der Waals surface area contributed by atoms with Crippen molar-refractivity contribution >= 4 is 22.6 Å². The minimum atomic E-state index is -0.0724. The molecular weight excluding hydrogens is 312 g/mol. The molecule has 1 heterocycles. The standard InChI is InChI=1S/C21H26N2O2/c1-2-12-22-21(25)18-10-6-13-23(15-18)20(24)14-17-9-5-8-16-7-3-4-11-19(16)17/h3-5,7-9,11,18H,2,6,10,12-15H2,1H3,(H,22,25)/t18-/m1/s1. The second kappa shape index (κ2) is 8.15. The maximum absolute atomic E-state index is 12.8. The average molecular weight is 338 g/mol. The van der Waals surface area contributed by atoms with Crippen molar-refractivity contribution < 1.29 is 9.59 Å². The lowest BCUT2D eigenvalue weighted by molar-refractivity contribution is -0.135. The van der Waals surface area contributed by atoms with Crippen molar-refractivity contribution in [3.63, 3.8) is 0 Å². The summed E-state index contributed by atoms with van der Waals surface area (Å²) in [5.41, 5.74) is 1.06. The van der Waals surface area contributed by atoms with E-state index in [1.165, 1.54) is 0 Å². The fourth-order valence-corrected chi connectivity index (χ4v) is 3.53. The maximum atomic E-state index is 12.8. The first-order valence-corrected chi connectivity index (χ1v) is 9.21. The van der Waals surface area contributed by atoms with Crippen molar-refractivity contribution in [1.29, 1.82) is 0 Å². The predicted molar refractivity (Wildman–Crippen MR) is 100 cm³/mol. The van der Waals surface area contributed by atoms with E-state index in [1.807, 2.05) is 36.1 Å². The van der Waals surface area contributed by atoms with E-state index in [4.69, 9.17) is 0 Å². The van der Waals surface area contributed by atoms with Gasteiger partial charge in [0.05, 0.1) is 12.3 Å². The number of nitrogens with one attached hydrogen (secondary N) is 1. The van der Waals surface area contributed by atoms with Gasteiger partial charge in [0.2, 0.25) is 11.8 Å². The third kappa shape index (κ3) is 4.19. The van der Waals surface area contributed by atoms with Gasteiger partial charge in [-0.3, -0.25) is 9.59 Å². The number of hydrogen-bond donors (Lipinski definition) is 1. The minimum Gasteiger partial charge on any atom is -0.356 e. The molecule has 25 heavy (non-hydrogen) atoms. The molecule has 0 aromatic heterocycles. The molecule has 1 aliphatic rings. The largest absolute Gasteiger partial charge is 0.356 e. The Labute approximate surface area is 149 Å². The zero-order valence-corrected chi connectivity index (χ0v) is 14.8. The molecule has 2 amide bonds. The molecular formula is C21H26N2O2. The van der Waals surface area contributed by atoms with Gasteiger partial charge in [0.15, 0.2) is 0 Å². The van der Waals surface area contributed by atoms with Gasteiger partial charge in [-0.25, -0.2) is 0 Å². The van der Waals surface area contributed by atoms with Crippen molar-refractivity contribution in [3.8, 4) is 0 Å². The Bertz CT molecular complexity index is 751. The van der Waals surface area contributed by atoms with Crippen LogP contribution in [0.2, 0.25) is 0 Å². The first kappa shape index (κ1) is 17.5. The van der Waals surface area contributed by atoms with Crippen molar-refractivity contribution in [2.24, 2.45) is 5.92 Å². The molecule has 3 rings (SSSR count). The fourth-order valence-electron chi connectivity index (χ4n) is 3.53. The lowest BCUT2D eigenvalue weighted by atomic mass is 9.96. The number of piperidine rings is 1. The molecule has 2 aromatic carbocycles. The normalized spacial score (nSPS) is 17.5. The van der Waals surface area contributed by atoms with Crippen LogP contribution in [-0.2, 0) is 16.0 Å². The summed E-state index contributed by atoms with van der Waals surface area (Å²) in [6, 6.07) is 14.2. The van der Waals surface area contributed by atoms with Crippen LogP contribution < -0.4 is 5.32 Å². The van der Waals surface area contributed by atoms with Crippen molar-refractivity contribution in [2.75, 3.05) is 19.6 Å². The van der Waals surface area contributed by atoms with E-state index in [-0.39, 0.29) is 17.7 Å². The lowest BCUT2D eigenvalue weighted by Gasteiger charge is -2.32. The number of amides is 2. The topological polar surface area (TPSA) is 49.4 Å². The fraction of sp³-hybridized carbons (Fsp3) is 0.429. The number of rotatable bonds is 5. The Hall–Kier alpha value is -2.36. The van der Waals surface area contributed by atoms with Gasteiger partial charge >= 0.3 is 0 Å². The Balaban J connectivity index is 1.67. The second-order valence-electron chi connectivity index (χ2n) is 6.78. The number of hydrogen-bond acceptors (Lipinski definition) is 2. The van der Waals surface area contributed by atoms with Crippen LogP contribution in [0.15, 0.2) is 42.5 Å². The second-order valence-corrected chi connectivity index (χ2v) is 6.78. The number of fused-ring (bicyclic) bond motifs is 1. The zero-order valence-electron chi connectivity index (χ0n) is 14.8. The third-order valence-corrected chi connectivity index (χ3v) is 4.92. The van der Waals surface area contributed by atoms with Gasteiger partial charge in [0.1, 0.15) is 0 Å². The van der Waals surface area contributed by atoms with Gasteiger partial charge in [-0.2, -0.15) is 0 Å². The van der Waals surface area contributed by atoms with Crippen LogP contribution in [0.1, 0.15) is 31.7 Å². The van der Waals surface area contributed by atoms with Gasteiger partial charge in [0.25, 0.3) is 0 Å². The first-order chi connectivity index (χ1) is 12.2. The molecule has 0 unspecified atom stereocenters. The molecule has 0 bridgehead atoms. The van der Waals surface area contributed by atoms with E-state index in [0.29, 0.717) is 19.5 Å². The SMILES string of the molecule is CCCNC(=O)[C@@H]1CCCN(C(=O)Cc2cccc3ccccc23)C1. The summed E-state index contributed by atoms with van der Waals surface area (Å²) in [6.07, 6.45) is 3.09. The number of benzene rings is 2. The highest BCUT2D eigenvalue weighted by Crippen LogP contribution is 2.22. The summed E-state index contributed by atoms with van der Waals surface area (Å²) in [5.74, 6) is 0.130. The highest BCUT2D eigenvalue weighted by atomic mass is 16.2. The molecule has 132 valence electrons. The summed E-state index contributed by atoms with van der Waals surface area (Å²) >= 11 is 0. The maximum Gasteiger partial charge on any atom is 0.227 e. The Morgan fingerprint density at radius 2 is 1.96 bits per heavy atom. The molecule has 1 aliphatic heterocycles. The molecule has 1 atom stereocenters. The number of nitrogens with zero attached hydrogens (tertiary/aromatic N) is 1. The average Bonchev–Trinajstić information content (AvgIpc) is 2.66. The van der Waals surface area contributed by atoms with Crippen LogP contribution >= 0.6 is 0 Å². The van der Waals surface area contributed by atoms with Gasteiger partial charge < -0.3 is 10.2 Å². The van der Waals surface area contributed by atoms with Crippen LogP contribution in [0.5, 0.6) is 0 Å². The van der Waals surface area contributed by atoms with Gasteiger partial charge in [-0.1, -0.05) is 49.4 Å². The molecule has 1 saturated heterocycles. The summed E-state index contributed by atoms with van der Waals surface area (Å²) in [7, 11) is 0. The van der Waals surface area contributed by atoms with Crippen LogP contribution in [-0.4, -0.2) is 36.3 Å². The van der Waals surface area contributed by atoms with E-state index < -0.39 is 0 Å². The summed E-state index contributed by atoms with van der Waals surface area (Å²) in [4.78, 5) is 26.9. The highest BCUT2D eigenvalue weighted by Gasteiger charge is 2.28. The predicted octanol–water partition coefficient (Wildman–Crippen LogP) is 3.15. The quantitative estimate of drug-likeness (QED) is 0.910. The van der Waals surface area contributed by atoms with E-state index in [2.05, 4.69) is 23.5 Å². The van der Waals surface area contributed by atoms with E-state index in [9.17, 15) is 9.59 Å². The van der Waals surface area contributed by atoms with Gasteiger partial charge in [-0.05, 0) is 35.6 Å². The van der Waals surface area contributed by atoms with E-state index in [0.717, 1.165) is 42.1 Å². The molecule has 2 aromatic rings. The minimum absolute atomic E-state index is 0.0724. The molecule has 0 saturated carbocycles. The molecule has 1 N–H and O–H groups in total. The van der Waals surface area contributed by atoms with Crippen molar-refractivity contribution in [3.05, 3.63) is 48.0 Å². The first-order valence-electron chi connectivity index (χ1n) is 9.21. The Morgan fingerprint density at radius 3 is 2.80 bits per heavy atom. The Morgan fingerprint density at radius 1 is 1.16 bits per heavy atom. The number of likely N-dealkylation sites (tertiary alicyclic amines) is 1. The molecule has 0 radical (unpaired) electrons. The number of carbonyl (C=O) groups excluding carboxylic acids is 2. The van der Waals surface area contributed by atoms with Crippen LogP contribution in [0, 0.1) is 5.92 Å². The smallest absolute Gasteiger partial charge is 0.227 e. The molecule has 0 aliphatic carbocycles. The Kier molecular flexibility index (Phi) is 5.69. The van der Waals surface area contributed by atoms with Crippen LogP contribution in [0.3, 0.4) is 0 Å². The van der Waals surface area contributed by atoms with Gasteiger partial charge in [0, 0.05) is 19.6 Å². The molecule has 1 fully saturated rings. The molecule has 0 spiro atoms.